The highest BCUT2D eigenvalue weighted by atomic mass is 35.5. The Hall–Kier alpha value is -2.86. The molecule has 0 atom stereocenters. The van der Waals surface area contributed by atoms with E-state index in [0.717, 1.165) is 5.56 Å². The predicted octanol–water partition coefficient (Wildman–Crippen LogP) is 3.39. The van der Waals surface area contributed by atoms with Crippen LogP contribution >= 0.6 is 11.6 Å². The number of benzene rings is 1. The maximum absolute atomic E-state index is 12.6. The third kappa shape index (κ3) is 4.21. The minimum absolute atomic E-state index is 0.234. The van der Waals surface area contributed by atoms with E-state index in [-0.39, 0.29) is 5.91 Å². The molecule has 1 amide bonds. The van der Waals surface area contributed by atoms with Gasteiger partial charge in [-0.3, -0.25) is 4.79 Å². The molecule has 0 spiro atoms. The van der Waals surface area contributed by atoms with Crippen LogP contribution < -0.4 is 10.1 Å². The highest BCUT2D eigenvalue weighted by molar-refractivity contribution is 6.30. The Balaban J connectivity index is 1.68. The van der Waals surface area contributed by atoms with Crippen LogP contribution in [0.4, 0.5) is 0 Å². The first-order valence-corrected chi connectivity index (χ1v) is 8.50. The number of ether oxygens (including phenoxy) is 1. The number of rotatable bonds is 6. The van der Waals surface area contributed by atoms with Crippen molar-refractivity contribution < 1.29 is 9.53 Å². The van der Waals surface area contributed by atoms with Crippen LogP contribution in [0, 0.1) is 0 Å². The lowest BCUT2D eigenvalue weighted by molar-refractivity contribution is -0.134. The second-order valence-electron chi connectivity index (χ2n) is 6.19. The summed E-state index contributed by atoms with van der Waals surface area (Å²) in [6, 6.07) is 12.4. The summed E-state index contributed by atoms with van der Waals surface area (Å²) in [6.45, 7) is 3.75. The predicted molar refractivity (Wildman–Crippen MR) is 99.4 cm³/mol. The normalized spacial score (nSPS) is 11.2. The van der Waals surface area contributed by atoms with Gasteiger partial charge in [0.25, 0.3) is 5.91 Å². The van der Waals surface area contributed by atoms with E-state index in [1.165, 1.54) is 0 Å². The molecule has 0 aliphatic rings. The van der Waals surface area contributed by atoms with Crippen molar-refractivity contribution in [3.63, 3.8) is 0 Å². The number of aromatic nitrogens is 3. The number of amides is 1. The van der Waals surface area contributed by atoms with Crippen molar-refractivity contribution >= 4 is 17.5 Å². The number of hydrogen-bond donors (Lipinski definition) is 1. The minimum atomic E-state index is -1.04. The lowest BCUT2D eigenvalue weighted by Gasteiger charge is -2.25. The molecule has 0 bridgehead atoms. The number of nitrogens with one attached hydrogen (secondary N) is 1. The minimum Gasteiger partial charge on any atom is -0.478 e. The number of carbonyl (C=O) groups is 1. The SMILES string of the molecule is CC(C)(Oc1ccc(Cl)cc1)C(=O)NCc1cccnc1-n1cccn1. The van der Waals surface area contributed by atoms with Gasteiger partial charge in [-0.2, -0.15) is 5.10 Å². The summed E-state index contributed by atoms with van der Waals surface area (Å²) in [6.07, 6.45) is 5.18. The number of halogens is 1. The van der Waals surface area contributed by atoms with Crippen molar-refractivity contribution in [1.82, 2.24) is 20.1 Å². The van der Waals surface area contributed by atoms with E-state index in [1.807, 2.05) is 18.2 Å². The first kappa shape index (κ1) is 17.9. The molecule has 0 aliphatic carbocycles. The number of nitrogens with zero attached hydrogens (tertiary/aromatic N) is 3. The van der Waals surface area contributed by atoms with Gasteiger partial charge in [-0.05, 0) is 50.2 Å². The summed E-state index contributed by atoms with van der Waals surface area (Å²) >= 11 is 5.87. The van der Waals surface area contributed by atoms with Crippen molar-refractivity contribution in [3.05, 3.63) is 71.6 Å². The molecule has 0 saturated heterocycles. The fourth-order valence-electron chi connectivity index (χ4n) is 2.40. The Morgan fingerprint density at radius 2 is 1.96 bits per heavy atom. The third-order valence-corrected chi connectivity index (χ3v) is 4.01. The third-order valence-electron chi connectivity index (χ3n) is 3.76. The van der Waals surface area contributed by atoms with Gasteiger partial charge in [0, 0.05) is 35.7 Å². The lowest BCUT2D eigenvalue weighted by Crippen LogP contribution is -2.46. The number of carbonyl (C=O) groups excluding carboxylic acids is 1. The first-order valence-electron chi connectivity index (χ1n) is 8.12. The van der Waals surface area contributed by atoms with E-state index in [2.05, 4.69) is 15.4 Å². The molecule has 3 rings (SSSR count). The molecular weight excluding hydrogens is 352 g/mol. The summed E-state index contributed by atoms with van der Waals surface area (Å²) in [7, 11) is 0. The summed E-state index contributed by atoms with van der Waals surface area (Å²) in [4.78, 5) is 16.9. The van der Waals surface area contributed by atoms with Crippen molar-refractivity contribution in [1.29, 1.82) is 0 Å². The molecule has 6 nitrogen and oxygen atoms in total. The van der Waals surface area contributed by atoms with E-state index in [4.69, 9.17) is 16.3 Å². The standard InChI is InChI=1S/C19H19ClN4O2/c1-19(2,26-16-8-6-15(20)7-9-16)18(25)22-13-14-5-3-10-21-17(14)24-12-4-11-23-24/h3-12H,13H2,1-2H3,(H,22,25). The maximum atomic E-state index is 12.6. The topological polar surface area (TPSA) is 69.0 Å². The van der Waals surface area contributed by atoms with Crippen molar-refractivity contribution in [2.75, 3.05) is 0 Å². The Labute approximate surface area is 156 Å². The molecule has 0 fully saturated rings. The molecule has 0 unspecified atom stereocenters. The van der Waals surface area contributed by atoms with Crippen LogP contribution in [-0.2, 0) is 11.3 Å². The number of pyridine rings is 1. The maximum Gasteiger partial charge on any atom is 0.263 e. The largest absolute Gasteiger partial charge is 0.478 e. The molecule has 7 heteroatoms. The summed E-state index contributed by atoms with van der Waals surface area (Å²) < 4.78 is 7.47. The van der Waals surface area contributed by atoms with Crippen LogP contribution in [0.3, 0.4) is 0 Å². The van der Waals surface area contributed by atoms with E-state index < -0.39 is 5.60 Å². The van der Waals surface area contributed by atoms with E-state index in [1.54, 1.807) is 61.4 Å². The van der Waals surface area contributed by atoms with Crippen molar-refractivity contribution in [3.8, 4) is 11.6 Å². The molecule has 1 aromatic carbocycles. The zero-order chi connectivity index (χ0) is 18.6. The van der Waals surface area contributed by atoms with Gasteiger partial charge in [0.2, 0.25) is 0 Å². The molecule has 2 aromatic heterocycles. The average Bonchev–Trinajstić information content (AvgIpc) is 3.16. The highest BCUT2D eigenvalue weighted by Crippen LogP contribution is 2.21. The van der Waals surface area contributed by atoms with Gasteiger partial charge in [-0.15, -0.1) is 0 Å². The molecule has 0 saturated carbocycles. The van der Waals surface area contributed by atoms with Crippen LogP contribution in [0.15, 0.2) is 61.1 Å². The van der Waals surface area contributed by atoms with E-state index in [9.17, 15) is 4.79 Å². The van der Waals surface area contributed by atoms with Gasteiger partial charge < -0.3 is 10.1 Å². The molecule has 0 aliphatic heterocycles. The van der Waals surface area contributed by atoms with Crippen molar-refractivity contribution in [2.24, 2.45) is 0 Å². The second-order valence-corrected chi connectivity index (χ2v) is 6.62. The molecule has 1 N–H and O–H groups in total. The van der Waals surface area contributed by atoms with Gasteiger partial charge in [0.05, 0.1) is 0 Å². The fraction of sp³-hybridized carbons (Fsp3) is 0.211. The molecule has 2 heterocycles. The van der Waals surface area contributed by atoms with Gasteiger partial charge in [-0.1, -0.05) is 17.7 Å². The van der Waals surface area contributed by atoms with Crippen LogP contribution in [0.1, 0.15) is 19.4 Å². The molecule has 0 radical (unpaired) electrons. The Morgan fingerprint density at radius 1 is 1.19 bits per heavy atom. The average molecular weight is 371 g/mol. The van der Waals surface area contributed by atoms with Crippen LogP contribution in [0.2, 0.25) is 5.02 Å². The summed E-state index contributed by atoms with van der Waals surface area (Å²) in [5, 5.41) is 7.71. The lowest BCUT2D eigenvalue weighted by atomic mass is 10.1. The fourth-order valence-corrected chi connectivity index (χ4v) is 2.53. The Morgan fingerprint density at radius 3 is 2.65 bits per heavy atom. The molecular formula is C19H19ClN4O2. The van der Waals surface area contributed by atoms with Crippen LogP contribution in [0.25, 0.3) is 5.82 Å². The zero-order valence-corrected chi connectivity index (χ0v) is 15.3. The monoisotopic (exact) mass is 370 g/mol. The molecule has 3 aromatic rings. The van der Waals surface area contributed by atoms with E-state index in [0.29, 0.717) is 23.1 Å². The highest BCUT2D eigenvalue weighted by Gasteiger charge is 2.30. The van der Waals surface area contributed by atoms with Crippen molar-refractivity contribution in [2.45, 2.75) is 26.0 Å². The van der Waals surface area contributed by atoms with Gasteiger partial charge in [0.1, 0.15) is 5.75 Å². The smallest absolute Gasteiger partial charge is 0.263 e. The molecule has 134 valence electrons. The Kier molecular flexibility index (Phi) is 5.23. The van der Waals surface area contributed by atoms with Crippen LogP contribution in [-0.4, -0.2) is 26.3 Å². The second kappa shape index (κ2) is 7.58. The quantitative estimate of drug-likeness (QED) is 0.722. The molecule has 26 heavy (non-hydrogen) atoms. The summed E-state index contributed by atoms with van der Waals surface area (Å²) in [5.41, 5.74) is -0.186. The number of hydrogen-bond acceptors (Lipinski definition) is 4. The van der Waals surface area contributed by atoms with E-state index >= 15 is 0 Å². The zero-order valence-electron chi connectivity index (χ0n) is 14.5. The van der Waals surface area contributed by atoms with Gasteiger partial charge in [0.15, 0.2) is 11.4 Å². The van der Waals surface area contributed by atoms with Gasteiger partial charge >= 0.3 is 0 Å². The summed E-state index contributed by atoms with van der Waals surface area (Å²) in [5.74, 6) is 1.02. The van der Waals surface area contributed by atoms with Gasteiger partial charge in [-0.25, -0.2) is 9.67 Å². The Bertz CT molecular complexity index is 877. The first-order chi connectivity index (χ1) is 12.5. The van der Waals surface area contributed by atoms with Crippen LogP contribution in [0.5, 0.6) is 5.75 Å².